The summed E-state index contributed by atoms with van der Waals surface area (Å²) in [5.41, 5.74) is 2.76. The number of aryl methyl sites for hydroxylation is 2. The molecule has 2 rings (SSSR count). The van der Waals surface area contributed by atoms with Gasteiger partial charge in [-0.1, -0.05) is 18.6 Å². The summed E-state index contributed by atoms with van der Waals surface area (Å²) in [6.07, 6.45) is 0.771. The van der Waals surface area contributed by atoms with Gasteiger partial charge in [0, 0.05) is 23.9 Å². The van der Waals surface area contributed by atoms with Crippen LogP contribution in [0.3, 0.4) is 0 Å². The van der Waals surface area contributed by atoms with Gasteiger partial charge in [-0.15, -0.1) is 0 Å². The Balaban J connectivity index is 2.77. The Bertz CT molecular complexity index is 477. The van der Waals surface area contributed by atoms with Gasteiger partial charge in [0.05, 0.1) is 0 Å². The number of benzene rings is 1. The van der Waals surface area contributed by atoms with Crippen LogP contribution in [0, 0.1) is 12.1 Å². The lowest BCUT2D eigenvalue weighted by atomic mass is 10.1. The van der Waals surface area contributed by atoms with Gasteiger partial charge in [0.1, 0.15) is 0 Å². The van der Waals surface area contributed by atoms with Gasteiger partial charge in [0.25, 0.3) is 0 Å². The summed E-state index contributed by atoms with van der Waals surface area (Å²) in [5, 5.41) is 12.8. The van der Waals surface area contributed by atoms with E-state index in [1.165, 1.54) is 5.56 Å². The number of nitrogens with zero attached hydrogens (tertiary/aromatic N) is 1. The maximum absolute atomic E-state index is 11.8. The summed E-state index contributed by atoms with van der Waals surface area (Å²) in [6.45, 7) is 4.02. The van der Waals surface area contributed by atoms with Crippen molar-refractivity contribution in [2.45, 2.75) is 20.3 Å². The molecule has 1 aromatic heterocycles. The van der Waals surface area contributed by atoms with Crippen LogP contribution in [0.15, 0.2) is 30.3 Å². The van der Waals surface area contributed by atoms with Crippen molar-refractivity contribution in [2.75, 3.05) is 0 Å². The van der Waals surface area contributed by atoms with E-state index < -0.39 is 0 Å². The molecule has 0 aliphatic heterocycles. The molecule has 1 aromatic carbocycles. The van der Waals surface area contributed by atoms with Crippen LogP contribution >= 0.6 is 0 Å². The third-order valence-electron chi connectivity index (χ3n) is 2.48. The summed E-state index contributed by atoms with van der Waals surface area (Å²) in [5.74, 6) is 0. The Morgan fingerprint density at radius 3 is 2.71 bits per heavy atom. The zero-order valence-corrected chi connectivity index (χ0v) is 8.45. The van der Waals surface area contributed by atoms with Crippen LogP contribution in [0.25, 0.3) is 10.9 Å². The van der Waals surface area contributed by atoms with Crippen LogP contribution in [0.5, 0.6) is 0 Å². The first-order chi connectivity index (χ1) is 6.72. The monoisotopic (exact) mass is 187 g/mol. The average Bonchev–Trinajstić information content (AvgIpc) is 2.18. The Morgan fingerprint density at radius 1 is 1.21 bits per heavy atom. The minimum atomic E-state index is 0.759. The summed E-state index contributed by atoms with van der Waals surface area (Å²) in [7, 11) is 0. The molecule has 0 N–H and O–H groups in total. The molecule has 0 aliphatic carbocycles. The van der Waals surface area contributed by atoms with Crippen molar-refractivity contribution in [1.29, 1.82) is 0 Å². The van der Waals surface area contributed by atoms with Gasteiger partial charge in [0.2, 0.25) is 5.52 Å². The van der Waals surface area contributed by atoms with E-state index in [-0.39, 0.29) is 0 Å². The molecule has 0 aliphatic rings. The van der Waals surface area contributed by atoms with E-state index in [1.54, 1.807) is 0 Å². The lowest BCUT2D eigenvalue weighted by Gasteiger charge is -2.06. The minimum absolute atomic E-state index is 0.759. The van der Waals surface area contributed by atoms with Crippen LogP contribution in [0.1, 0.15) is 18.2 Å². The largest absolute Gasteiger partial charge is 0.618 e. The van der Waals surface area contributed by atoms with Crippen molar-refractivity contribution in [3.8, 4) is 0 Å². The maximum atomic E-state index is 11.8. The van der Waals surface area contributed by atoms with Crippen molar-refractivity contribution < 1.29 is 4.73 Å². The second kappa shape index (κ2) is 3.29. The van der Waals surface area contributed by atoms with Crippen molar-refractivity contribution in [3.05, 3.63) is 46.8 Å². The first-order valence-electron chi connectivity index (χ1n) is 4.84. The second-order valence-corrected chi connectivity index (χ2v) is 3.53. The predicted molar refractivity (Wildman–Crippen MR) is 57.0 cm³/mol. The Kier molecular flexibility index (Phi) is 2.12. The number of pyridine rings is 1. The van der Waals surface area contributed by atoms with Crippen LogP contribution in [0.4, 0.5) is 0 Å². The van der Waals surface area contributed by atoms with Crippen LogP contribution in [-0.2, 0) is 6.42 Å². The third kappa shape index (κ3) is 1.33. The molecule has 0 unspecified atom stereocenters. The van der Waals surface area contributed by atoms with E-state index in [0.29, 0.717) is 0 Å². The summed E-state index contributed by atoms with van der Waals surface area (Å²) in [4.78, 5) is 0. The lowest BCUT2D eigenvalue weighted by molar-refractivity contribution is -0.585. The van der Waals surface area contributed by atoms with Crippen molar-refractivity contribution >= 4 is 10.9 Å². The fraction of sp³-hybridized carbons (Fsp3) is 0.250. The summed E-state index contributed by atoms with van der Waals surface area (Å²) in [6, 6.07) is 9.79. The fourth-order valence-electron chi connectivity index (χ4n) is 1.66. The van der Waals surface area contributed by atoms with Gasteiger partial charge in [-0.2, -0.15) is 4.73 Å². The molecule has 2 nitrogen and oxygen atoms in total. The van der Waals surface area contributed by atoms with E-state index in [1.807, 2.05) is 44.2 Å². The smallest absolute Gasteiger partial charge is 0.223 e. The number of fused-ring (bicyclic) bond motifs is 1. The average molecular weight is 187 g/mol. The van der Waals surface area contributed by atoms with Crippen LogP contribution < -0.4 is 4.73 Å². The highest BCUT2D eigenvalue weighted by Gasteiger charge is 2.07. The Labute approximate surface area is 83.4 Å². The van der Waals surface area contributed by atoms with Crippen molar-refractivity contribution in [2.24, 2.45) is 0 Å². The highest BCUT2D eigenvalue weighted by Crippen LogP contribution is 2.12. The topological polar surface area (TPSA) is 26.9 Å². The van der Waals surface area contributed by atoms with Crippen LogP contribution in [0.2, 0.25) is 0 Å². The maximum Gasteiger partial charge on any atom is 0.223 e. The third-order valence-corrected chi connectivity index (χ3v) is 2.48. The van der Waals surface area contributed by atoms with Crippen molar-refractivity contribution in [3.63, 3.8) is 0 Å². The summed E-state index contributed by atoms with van der Waals surface area (Å²) >= 11 is 0. The first kappa shape index (κ1) is 9.00. The predicted octanol–water partition coefficient (Wildman–Crippen LogP) is 2.34. The molecular formula is C12H13NO. The van der Waals surface area contributed by atoms with Gasteiger partial charge in [0.15, 0.2) is 5.69 Å². The highest BCUT2D eigenvalue weighted by atomic mass is 16.5. The molecule has 0 saturated heterocycles. The van der Waals surface area contributed by atoms with Gasteiger partial charge in [-0.05, 0) is 19.1 Å². The Morgan fingerprint density at radius 2 is 2.00 bits per heavy atom. The number of rotatable bonds is 1. The van der Waals surface area contributed by atoms with Crippen molar-refractivity contribution in [1.82, 2.24) is 0 Å². The second-order valence-electron chi connectivity index (χ2n) is 3.53. The minimum Gasteiger partial charge on any atom is -0.618 e. The lowest BCUT2D eigenvalue weighted by Crippen LogP contribution is -2.32. The Hall–Kier alpha value is -1.57. The van der Waals surface area contributed by atoms with Crippen LogP contribution in [-0.4, -0.2) is 0 Å². The molecular weight excluding hydrogens is 174 g/mol. The zero-order valence-electron chi connectivity index (χ0n) is 8.45. The molecule has 2 aromatic rings. The van der Waals surface area contributed by atoms with E-state index >= 15 is 0 Å². The SMILES string of the molecule is CCc1ccc2cc(C)ccc2[n+]1[O-]. The van der Waals surface area contributed by atoms with Gasteiger partial charge < -0.3 is 5.21 Å². The van der Waals surface area contributed by atoms with E-state index in [2.05, 4.69) is 0 Å². The highest BCUT2D eigenvalue weighted by molar-refractivity contribution is 5.76. The van der Waals surface area contributed by atoms with Gasteiger partial charge >= 0.3 is 0 Å². The molecule has 2 heteroatoms. The molecule has 0 bridgehead atoms. The van der Waals surface area contributed by atoms with E-state index in [4.69, 9.17) is 0 Å². The number of hydrogen-bond acceptors (Lipinski definition) is 1. The molecule has 0 fully saturated rings. The molecule has 1 heterocycles. The number of aromatic nitrogens is 1. The normalized spacial score (nSPS) is 10.7. The molecule has 72 valence electrons. The molecule has 0 amide bonds. The quantitative estimate of drug-likeness (QED) is 0.497. The molecule has 14 heavy (non-hydrogen) atoms. The fourth-order valence-corrected chi connectivity index (χ4v) is 1.66. The summed E-state index contributed by atoms with van der Waals surface area (Å²) < 4.78 is 1.02. The standard InChI is InChI=1S/C12H13NO/c1-3-11-6-5-10-8-9(2)4-7-12(10)13(11)14/h4-8H,3H2,1-2H3. The van der Waals surface area contributed by atoms with Gasteiger partial charge in [-0.3, -0.25) is 0 Å². The zero-order chi connectivity index (χ0) is 10.1. The number of hydrogen-bond donors (Lipinski definition) is 0. The van der Waals surface area contributed by atoms with E-state index in [9.17, 15) is 5.21 Å². The van der Waals surface area contributed by atoms with Gasteiger partial charge in [-0.25, -0.2) is 0 Å². The molecule has 0 saturated carbocycles. The first-order valence-corrected chi connectivity index (χ1v) is 4.84. The van der Waals surface area contributed by atoms with E-state index in [0.717, 1.165) is 27.7 Å². The molecule has 0 spiro atoms. The molecule has 0 atom stereocenters. The molecule has 0 radical (unpaired) electrons.